The third-order valence-corrected chi connectivity index (χ3v) is 4.71. The second kappa shape index (κ2) is 7.91. The number of hydrogen-bond acceptors (Lipinski definition) is 6. The molecule has 1 saturated carbocycles. The van der Waals surface area contributed by atoms with Crippen molar-refractivity contribution in [1.29, 1.82) is 0 Å². The van der Waals surface area contributed by atoms with Gasteiger partial charge in [-0.05, 0) is 24.3 Å². The van der Waals surface area contributed by atoms with Gasteiger partial charge in [0.05, 0.1) is 25.5 Å². The van der Waals surface area contributed by atoms with Gasteiger partial charge in [-0.15, -0.1) is 0 Å². The maximum atomic E-state index is 12.1. The van der Waals surface area contributed by atoms with Crippen molar-refractivity contribution >= 4 is 15.9 Å². The van der Waals surface area contributed by atoms with Crippen LogP contribution in [0.2, 0.25) is 0 Å². The Morgan fingerprint density at radius 2 is 2.17 bits per heavy atom. The lowest BCUT2D eigenvalue weighted by molar-refractivity contribution is -0.122. The second-order valence-electron chi connectivity index (χ2n) is 5.98. The van der Waals surface area contributed by atoms with Crippen molar-refractivity contribution in [2.45, 2.75) is 31.4 Å². The van der Waals surface area contributed by atoms with Gasteiger partial charge in [-0.1, -0.05) is 6.07 Å². The fourth-order valence-corrected chi connectivity index (χ4v) is 3.14. The van der Waals surface area contributed by atoms with Gasteiger partial charge in [-0.3, -0.25) is 4.79 Å². The van der Waals surface area contributed by atoms with E-state index in [0.29, 0.717) is 18.7 Å². The van der Waals surface area contributed by atoms with Gasteiger partial charge in [-0.2, -0.15) is 0 Å². The molecule has 1 fully saturated rings. The standard InChI is InChI=1S/C15H23N3O5S/c1-23-14-4-3-10(9-16-14)15(11-7-12(19)8-11)18-13(20)5-6-17-24(2,21)22/h3-4,9,11-12,15,17,19H,5-8H2,1-2H3,(H,18,20). The summed E-state index contributed by atoms with van der Waals surface area (Å²) in [5.41, 5.74) is 0.831. The van der Waals surface area contributed by atoms with Gasteiger partial charge in [0, 0.05) is 25.2 Å². The van der Waals surface area contributed by atoms with Crippen LogP contribution in [0.3, 0.4) is 0 Å². The van der Waals surface area contributed by atoms with Crippen LogP contribution >= 0.6 is 0 Å². The Hall–Kier alpha value is -1.71. The van der Waals surface area contributed by atoms with Crippen molar-refractivity contribution in [1.82, 2.24) is 15.0 Å². The van der Waals surface area contributed by atoms with E-state index in [4.69, 9.17) is 4.74 Å². The summed E-state index contributed by atoms with van der Waals surface area (Å²) in [7, 11) is -1.79. The topological polar surface area (TPSA) is 118 Å². The lowest BCUT2D eigenvalue weighted by Gasteiger charge is -2.38. The number of ether oxygens (including phenoxy) is 1. The molecule has 0 aliphatic heterocycles. The zero-order valence-electron chi connectivity index (χ0n) is 13.7. The number of carbonyl (C=O) groups is 1. The van der Waals surface area contributed by atoms with Gasteiger partial charge < -0.3 is 15.2 Å². The molecule has 24 heavy (non-hydrogen) atoms. The van der Waals surface area contributed by atoms with E-state index in [-0.39, 0.29) is 36.9 Å². The van der Waals surface area contributed by atoms with Crippen LogP contribution in [-0.4, -0.2) is 50.4 Å². The van der Waals surface area contributed by atoms with E-state index in [2.05, 4.69) is 15.0 Å². The molecule has 0 saturated heterocycles. The van der Waals surface area contributed by atoms with Crippen molar-refractivity contribution in [2.75, 3.05) is 19.9 Å². The number of nitrogens with zero attached hydrogens (tertiary/aromatic N) is 1. The smallest absolute Gasteiger partial charge is 0.221 e. The summed E-state index contributed by atoms with van der Waals surface area (Å²) < 4.78 is 29.4. The van der Waals surface area contributed by atoms with Crippen molar-refractivity contribution in [3.63, 3.8) is 0 Å². The Morgan fingerprint density at radius 3 is 2.67 bits per heavy atom. The molecule has 1 aromatic rings. The monoisotopic (exact) mass is 357 g/mol. The molecule has 8 nitrogen and oxygen atoms in total. The summed E-state index contributed by atoms with van der Waals surface area (Å²) >= 11 is 0. The molecule has 9 heteroatoms. The third-order valence-electron chi connectivity index (χ3n) is 3.98. The number of hydrogen-bond donors (Lipinski definition) is 3. The molecule has 1 amide bonds. The highest BCUT2D eigenvalue weighted by Gasteiger charge is 2.35. The van der Waals surface area contributed by atoms with Crippen LogP contribution in [0.5, 0.6) is 5.88 Å². The number of pyridine rings is 1. The quantitative estimate of drug-likeness (QED) is 0.601. The van der Waals surface area contributed by atoms with Crippen LogP contribution in [0, 0.1) is 5.92 Å². The van der Waals surface area contributed by atoms with Gasteiger partial charge in [-0.25, -0.2) is 18.1 Å². The third kappa shape index (κ3) is 5.43. The van der Waals surface area contributed by atoms with E-state index < -0.39 is 10.0 Å². The number of nitrogens with one attached hydrogen (secondary N) is 2. The molecule has 0 aromatic carbocycles. The Morgan fingerprint density at radius 1 is 1.46 bits per heavy atom. The molecule has 1 aliphatic carbocycles. The lowest BCUT2D eigenvalue weighted by atomic mass is 9.75. The number of rotatable bonds is 8. The molecule has 134 valence electrons. The Labute approximate surface area is 141 Å². The largest absolute Gasteiger partial charge is 0.481 e. The highest BCUT2D eigenvalue weighted by Crippen LogP contribution is 2.38. The average Bonchev–Trinajstić information content (AvgIpc) is 2.49. The van der Waals surface area contributed by atoms with Crippen LogP contribution in [0.1, 0.15) is 30.9 Å². The van der Waals surface area contributed by atoms with Crippen molar-refractivity contribution < 1.29 is 23.1 Å². The van der Waals surface area contributed by atoms with E-state index >= 15 is 0 Å². The normalized spacial score (nSPS) is 21.6. The molecule has 1 atom stereocenters. The van der Waals surface area contributed by atoms with Crippen LogP contribution in [0.25, 0.3) is 0 Å². The molecule has 1 aromatic heterocycles. The predicted octanol–water partition coefficient (Wildman–Crippen LogP) is -0.0423. The highest BCUT2D eigenvalue weighted by atomic mass is 32.2. The molecular weight excluding hydrogens is 334 g/mol. The highest BCUT2D eigenvalue weighted by molar-refractivity contribution is 7.88. The molecule has 0 bridgehead atoms. The van der Waals surface area contributed by atoms with Crippen molar-refractivity contribution in [2.24, 2.45) is 5.92 Å². The first-order valence-electron chi connectivity index (χ1n) is 7.70. The van der Waals surface area contributed by atoms with E-state index in [1.54, 1.807) is 12.3 Å². The van der Waals surface area contributed by atoms with Crippen molar-refractivity contribution in [3.8, 4) is 5.88 Å². The van der Waals surface area contributed by atoms with E-state index in [1.165, 1.54) is 7.11 Å². The van der Waals surface area contributed by atoms with E-state index in [0.717, 1.165) is 11.8 Å². The first-order valence-corrected chi connectivity index (χ1v) is 9.59. The zero-order chi connectivity index (χ0) is 17.7. The molecule has 1 unspecified atom stereocenters. The molecule has 1 aliphatic rings. The average molecular weight is 357 g/mol. The maximum Gasteiger partial charge on any atom is 0.221 e. The van der Waals surface area contributed by atoms with Gasteiger partial charge in [0.15, 0.2) is 0 Å². The molecule has 3 N–H and O–H groups in total. The summed E-state index contributed by atoms with van der Waals surface area (Å²) in [6.07, 6.45) is 3.61. The summed E-state index contributed by atoms with van der Waals surface area (Å²) in [6.45, 7) is 0.0472. The Kier molecular flexibility index (Phi) is 6.14. The minimum atomic E-state index is -3.31. The van der Waals surface area contributed by atoms with Gasteiger partial charge in [0.1, 0.15) is 0 Å². The van der Waals surface area contributed by atoms with Gasteiger partial charge in [0.25, 0.3) is 0 Å². The fraction of sp³-hybridized carbons (Fsp3) is 0.600. The van der Waals surface area contributed by atoms with Crippen LogP contribution in [0.15, 0.2) is 18.3 Å². The van der Waals surface area contributed by atoms with Gasteiger partial charge >= 0.3 is 0 Å². The summed E-state index contributed by atoms with van der Waals surface area (Å²) in [4.78, 5) is 16.3. The number of methoxy groups -OCH3 is 1. The van der Waals surface area contributed by atoms with E-state index in [9.17, 15) is 18.3 Å². The molecule has 1 heterocycles. The van der Waals surface area contributed by atoms with E-state index in [1.807, 2.05) is 6.07 Å². The number of aromatic nitrogens is 1. The van der Waals surface area contributed by atoms with Crippen LogP contribution in [0.4, 0.5) is 0 Å². The predicted molar refractivity (Wildman–Crippen MR) is 87.9 cm³/mol. The van der Waals surface area contributed by atoms with Crippen molar-refractivity contribution in [3.05, 3.63) is 23.9 Å². The summed E-state index contributed by atoms with van der Waals surface area (Å²) in [5.74, 6) is 0.352. The second-order valence-corrected chi connectivity index (χ2v) is 7.81. The molecule has 2 rings (SSSR count). The Bertz CT molecular complexity index is 656. The number of sulfonamides is 1. The molecule has 0 spiro atoms. The minimum Gasteiger partial charge on any atom is -0.481 e. The summed E-state index contributed by atoms with van der Waals surface area (Å²) in [5, 5.41) is 12.5. The van der Waals surface area contributed by atoms with Crippen LogP contribution in [-0.2, 0) is 14.8 Å². The van der Waals surface area contributed by atoms with Gasteiger partial charge in [0.2, 0.25) is 21.8 Å². The fourth-order valence-electron chi connectivity index (χ4n) is 2.67. The number of amides is 1. The SMILES string of the molecule is COc1ccc(C(NC(=O)CCNS(C)(=O)=O)C2CC(O)C2)cn1. The maximum absolute atomic E-state index is 12.1. The van der Waals surface area contributed by atoms with Crippen LogP contribution < -0.4 is 14.8 Å². The minimum absolute atomic E-state index is 0.0441. The molecule has 0 radical (unpaired) electrons. The summed E-state index contributed by atoms with van der Waals surface area (Å²) in [6, 6.07) is 3.28. The number of aliphatic hydroxyl groups excluding tert-OH is 1. The first kappa shape index (κ1) is 18.6. The first-order chi connectivity index (χ1) is 11.3. The number of carbonyl (C=O) groups excluding carboxylic acids is 1. The zero-order valence-corrected chi connectivity index (χ0v) is 14.5. The lowest BCUT2D eigenvalue weighted by Crippen LogP contribution is -2.42. The molecular formula is C15H23N3O5S. The Balaban J connectivity index is 1.99. The number of aliphatic hydroxyl groups is 1.